The number of phosphoric ester groups is 1. The molecule has 2 unspecified atom stereocenters. The maximum atomic E-state index is 13.8. The lowest BCUT2D eigenvalue weighted by molar-refractivity contribution is -0.152. The monoisotopic (exact) mass is 532 g/mol. The van der Waals surface area contributed by atoms with Crippen LogP contribution in [0.5, 0.6) is 0 Å². The fourth-order valence-corrected chi connectivity index (χ4v) is 5.34. The molecule has 190 valence electrons. The summed E-state index contributed by atoms with van der Waals surface area (Å²) in [6.45, 7) is 1.32. The van der Waals surface area contributed by atoms with Crippen LogP contribution in [0.3, 0.4) is 0 Å². The number of carbonyl (C=O) groups is 1. The maximum Gasteiger partial charge on any atom is 0.475 e. The van der Waals surface area contributed by atoms with Gasteiger partial charge in [0.25, 0.3) is 5.56 Å². The van der Waals surface area contributed by atoms with Crippen molar-refractivity contribution in [3.63, 3.8) is 0 Å². The summed E-state index contributed by atoms with van der Waals surface area (Å²) in [7, 11) is -4.03. The summed E-state index contributed by atoms with van der Waals surface area (Å²) < 4.78 is 55.3. The Balaban J connectivity index is 1.48. The highest BCUT2D eigenvalue weighted by molar-refractivity contribution is 7.48. The first kappa shape index (κ1) is 25.7. The van der Waals surface area contributed by atoms with Gasteiger partial charge in [0.2, 0.25) is 5.82 Å². The zero-order valence-corrected chi connectivity index (χ0v) is 20.2. The van der Waals surface area contributed by atoms with Crippen molar-refractivity contribution in [1.82, 2.24) is 9.55 Å². The summed E-state index contributed by atoms with van der Waals surface area (Å²) in [4.78, 5) is 37.2. The van der Waals surface area contributed by atoms with E-state index in [0.717, 1.165) is 4.57 Å². The summed E-state index contributed by atoms with van der Waals surface area (Å²) in [6, 6.07) is 6.90. The van der Waals surface area contributed by atoms with Crippen molar-refractivity contribution in [2.75, 3.05) is 13.2 Å². The van der Waals surface area contributed by atoms with Gasteiger partial charge in [-0.1, -0.05) is 30.7 Å². The molecule has 14 heteroatoms. The van der Waals surface area contributed by atoms with E-state index in [1.165, 1.54) is 0 Å². The van der Waals surface area contributed by atoms with Gasteiger partial charge in [0.1, 0.15) is 18.4 Å². The first-order valence-electron chi connectivity index (χ1n) is 10.9. The van der Waals surface area contributed by atoms with Crippen LogP contribution in [0, 0.1) is 5.82 Å². The molecule has 1 N–H and O–H groups in total. The van der Waals surface area contributed by atoms with Crippen LogP contribution in [0.4, 0.5) is 4.39 Å². The molecule has 2 aromatic rings. The Labute approximate surface area is 203 Å². The van der Waals surface area contributed by atoms with Gasteiger partial charge in [-0.15, -0.1) is 0 Å². The van der Waals surface area contributed by atoms with Crippen LogP contribution in [0.25, 0.3) is 0 Å². The Bertz CT molecular complexity index is 1250. The molecule has 0 amide bonds. The van der Waals surface area contributed by atoms with Crippen LogP contribution in [-0.4, -0.2) is 40.9 Å². The van der Waals surface area contributed by atoms with E-state index in [2.05, 4.69) is 0 Å². The van der Waals surface area contributed by atoms with Crippen LogP contribution in [-0.2, 0) is 32.4 Å². The minimum atomic E-state index is -4.03. The van der Waals surface area contributed by atoms with Gasteiger partial charge in [-0.2, -0.15) is 4.39 Å². The fraction of sp³-hybridized carbons (Fsp3) is 0.476. The summed E-state index contributed by atoms with van der Waals surface area (Å²) in [6.07, 6.45) is -2.38. The number of H-pyrrole nitrogens is 1. The lowest BCUT2D eigenvalue weighted by Gasteiger charge is -2.30. The van der Waals surface area contributed by atoms with E-state index in [4.69, 9.17) is 34.6 Å². The lowest BCUT2D eigenvalue weighted by Crippen LogP contribution is -2.34. The molecule has 5 atom stereocenters. The minimum absolute atomic E-state index is 0.0394. The molecule has 2 aliphatic rings. The van der Waals surface area contributed by atoms with Gasteiger partial charge in [0.05, 0.1) is 25.5 Å². The molecule has 1 aromatic heterocycles. The number of rotatable bonds is 7. The van der Waals surface area contributed by atoms with Gasteiger partial charge < -0.3 is 9.47 Å². The minimum Gasteiger partial charge on any atom is -0.459 e. The molecular formula is C21H23ClFN2O9P. The van der Waals surface area contributed by atoms with E-state index in [0.29, 0.717) is 23.2 Å². The second kappa shape index (κ2) is 10.7. The summed E-state index contributed by atoms with van der Waals surface area (Å²) in [5.74, 6) is -1.72. The van der Waals surface area contributed by atoms with Crippen molar-refractivity contribution in [3.8, 4) is 0 Å². The molecular weight excluding hydrogens is 510 g/mol. The Morgan fingerprint density at radius 2 is 2.17 bits per heavy atom. The Morgan fingerprint density at radius 1 is 1.37 bits per heavy atom. The molecule has 0 bridgehead atoms. The van der Waals surface area contributed by atoms with Gasteiger partial charge in [0.15, 0.2) is 0 Å². The summed E-state index contributed by atoms with van der Waals surface area (Å²) in [5, 5.41) is 0.494. The molecule has 2 saturated heterocycles. The number of benzene rings is 1. The number of hydrogen-bond acceptors (Lipinski definition) is 9. The first-order chi connectivity index (χ1) is 16.7. The van der Waals surface area contributed by atoms with Crippen LogP contribution in [0.2, 0.25) is 5.02 Å². The van der Waals surface area contributed by atoms with Crippen LogP contribution >= 0.6 is 19.4 Å². The number of halogens is 2. The molecule has 2 aliphatic heterocycles. The third kappa shape index (κ3) is 6.08. The van der Waals surface area contributed by atoms with E-state index in [9.17, 15) is 23.3 Å². The predicted octanol–water partition coefficient (Wildman–Crippen LogP) is 3.24. The van der Waals surface area contributed by atoms with Gasteiger partial charge in [0, 0.05) is 24.3 Å². The van der Waals surface area contributed by atoms with E-state index in [1.54, 1.807) is 31.2 Å². The third-order valence-electron chi connectivity index (χ3n) is 5.49. The average Bonchev–Trinajstić information content (AvgIpc) is 3.22. The van der Waals surface area contributed by atoms with E-state index in [-0.39, 0.29) is 26.1 Å². The van der Waals surface area contributed by atoms with Crippen LogP contribution in [0.15, 0.2) is 40.1 Å². The molecule has 3 heterocycles. The normalized spacial score (nSPS) is 28.7. The number of phosphoric acid groups is 1. The van der Waals surface area contributed by atoms with Gasteiger partial charge >= 0.3 is 19.5 Å². The third-order valence-corrected chi connectivity index (χ3v) is 7.20. The van der Waals surface area contributed by atoms with Crippen LogP contribution < -0.4 is 11.2 Å². The average molecular weight is 533 g/mol. The summed E-state index contributed by atoms with van der Waals surface area (Å²) >= 11 is 6.03. The summed E-state index contributed by atoms with van der Waals surface area (Å²) in [5.41, 5.74) is -1.37. The standard InChI is InChI=1S/C21H23ClFN2O9P/c1-2-19(26)33-16-9-18(25-10-14(23)20(27)24-21(25)28)32-17(16)11-31-35(29)30-7-6-15(34-35)12-4-3-5-13(22)8-12/h3-5,8,10,15-18H,2,6-7,9,11H2,1H3,(H,24,27,28)/t15?,16-,17+,18+,35?/m0/s1. The SMILES string of the molecule is CCC(=O)O[C@H]1C[C@H](n2cc(F)c(=O)[nH]c2=O)O[C@@H]1COP1(=O)OCCC(c2cccc(Cl)c2)O1. The molecule has 35 heavy (non-hydrogen) atoms. The van der Waals surface area contributed by atoms with Crippen molar-refractivity contribution in [2.24, 2.45) is 0 Å². The predicted molar refractivity (Wildman–Crippen MR) is 119 cm³/mol. The number of carbonyl (C=O) groups excluding carboxylic acids is 1. The second-order valence-corrected chi connectivity index (χ2v) is 9.96. The van der Waals surface area contributed by atoms with Crippen molar-refractivity contribution < 1.29 is 36.8 Å². The molecule has 4 rings (SSSR count). The molecule has 0 saturated carbocycles. The Hall–Kier alpha value is -2.34. The lowest BCUT2D eigenvalue weighted by atomic mass is 10.1. The van der Waals surface area contributed by atoms with Crippen LogP contribution in [0.1, 0.15) is 44.1 Å². The highest BCUT2D eigenvalue weighted by atomic mass is 35.5. The highest BCUT2D eigenvalue weighted by Crippen LogP contribution is 2.57. The number of nitrogens with one attached hydrogen (secondary N) is 1. The Kier molecular flexibility index (Phi) is 7.89. The van der Waals surface area contributed by atoms with Crippen molar-refractivity contribution in [2.45, 2.75) is 50.7 Å². The zero-order chi connectivity index (χ0) is 25.2. The van der Waals surface area contributed by atoms with Crippen molar-refractivity contribution in [1.29, 1.82) is 0 Å². The van der Waals surface area contributed by atoms with E-state index in [1.807, 2.05) is 4.98 Å². The van der Waals surface area contributed by atoms with Gasteiger partial charge in [-0.3, -0.25) is 32.7 Å². The number of aromatic nitrogens is 2. The number of aromatic amines is 1. The van der Waals surface area contributed by atoms with Gasteiger partial charge in [-0.05, 0) is 17.7 Å². The number of ether oxygens (including phenoxy) is 2. The van der Waals surface area contributed by atoms with Crippen molar-refractivity contribution in [3.05, 3.63) is 67.7 Å². The fourth-order valence-electron chi connectivity index (χ4n) is 3.75. The molecule has 0 spiro atoms. The molecule has 0 aliphatic carbocycles. The van der Waals surface area contributed by atoms with E-state index < -0.39 is 55.4 Å². The zero-order valence-electron chi connectivity index (χ0n) is 18.6. The highest BCUT2D eigenvalue weighted by Gasteiger charge is 2.43. The Morgan fingerprint density at radius 3 is 2.91 bits per heavy atom. The number of hydrogen-bond donors (Lipinski definition) is 1. The van der Waals surface area contributed by atoms with Crippen molar-refractivity contribution >= 4 is 25.4 Å². The van der Waals surface area contributed by atoms with Gasteiger partial charge in [-0.25, -0.2) is 9.36 Å². The number of esters is 1. The largest absolute Gasteiger partial charge is 0.475 e. The molecule has 11 nitrogen and oxygen atoms in total. The molecule has 1 aromatic carbocycles. The number of nitrogens with zero attached hydrogens (tertiary/aromatic N) is 1. The molecule has 0 radical (unpaired) electrons. The molecule has 2 fully saturated rings. The topological polar surface area (TPSA) is 135 Å². The quantitative estimate of drug-likeness (QED) is 0.421. The first-order valence-corrected chi connectivity index (χ1v) is 12.7. The van der Waals surface area contributed by atoms with E-state index >= 15 is 0 Å². The second-order valence-electron chi connectivity index (χ2n) is 7.90. The maximum absolute atomic E-state index is 13.8. The smallest absolute Gasteiger partial charge is 0.459 e.